The van der Waals surface area contributed by atoms with Gasteiger partial charge < -0.3 is 4.74 Å². The summed E-state index contributed by atoms with van der Waals surface area (Å²) in [5.74, 6) is -0.0385. The minimum Gasteiger partial charge on any atom is -0.359 e. The molecule has 1 aliphatic heterocycles. The first-order chi connectivity index (χ1) is 7.77. The maximum absolute atomic E-state index is 11.5. The van der Waals surface area contributed by atoms with E-state index in [4.69, 9.17) is 4.74 Å². The lowest BCUT2D eigenvalue weighted by molar-refractivity contribution is -0.122. The molecule has 1 aromatic rings. The molecule has 0 saturated carbocycles. The average molecular weight is 215 g/mol. The van der Waals surface area contributed by atoms with E-state index in [-0.39, 0.29) is 5.78 Å². The third-order valence-corrected chi connectivity index (χ3v) is 2.41. The molecule has 1 aliphatic rings. The molecule has 0 amide bonds. The van der Waals surface area contributed by atoms with Gasteiger partial charge in [0, 0.05) is 12.3 Å². The number of aliphatic imine (C=N–C) groups is 1. The lowest BCUT2D eigenvalue weighted by atomic mass is 10.1. The summed E-state index contributed by atoms with van der Waals surface area (Å²) in [4.78, 5) is 15.6. The van der Waals surface area contributed by atoms with Gasteiger partial charge in [-0.1, -0.05) is 30.3 Å². The number of ether oxygens (including phenoxy) is 1. The largest absolute Gasteiger partial charge is 0.359 e. The highest BCUT2D eigenvalue weighted by Gasteiger charge is 2.22. The smallest absolute Gasteiger partial charge is 0.191 e. The van der Waals surface area contributed by atoms with E-state index in [0.717, 1.165) is 5.56 Å². The summed E-state index contributed by atoms with van der Waals surface area (Å²) < 4.78 is 5.56. The monoisotopic (exact) mass is 215 g/mol. The third kappa shape index (κ3) is 2.44. The zero-order chi connectivity index (χ0) is 11.4. The molecule has 16 heavy (non-hydrogen) atoms. The van der Waals surface area contributed by atoms with E-state index in [9.17, 15) is 4.79 Å². The van der Waals surface area contributed by atoms with Gasteiger partial charge in [0.1, 0.15) is 0 Å². The van der Waals surface area contributed by atoms with Crippen LogP contribution in [0.5, 0.6) is 0 Å². The lowest BCUT2D eigenvalue weighted by Gasteiger charge is -2.16. The number of hydrogen-bond donors (Lipinski definition) is 0. The summed E-state index contributed by atoms with van der Waals surface area (Å²) >= 11 is 0. The molecule has 0 fully saturated rings. The van der Waals surface area contributed by atoms with E-state index in [1.54, 1.807) is 6.92 Å². The Morgan fingerprint density at radius 3 is 2.75 bits per heavy atom. The van der Waals surface area contributed by atoms with Crippen LogP contribution in [0.1, 0.15) is 12.5 Å². The average Bonchev–Trinajstić information content (AvgIpc) is 2.30. The van der Waals surface area contributed by atoms with Crippen molar-refractivity contribution in [1.29, 1.82) is 0 Å². The highest BCUT2D eigenvalue weighted by atomic mass is 16.5. The molecule has 1 unspecified atom stereocenters. The predicted molar refractivity (Wildman–Crippen MR) is 62.3 cm³/mol. The molecule has 0 bridgehead atoms. The van der Waals surface area contributed by atoms with E-state index in [1.165, 1.54) is 12.3 Å². The predicted octanol–water partition coefficient (Wildman–Crippen LogP) is 2.13. The molecule has 0 aromatic heterocycles. The van der Waals surface area contributed by atoms with Crippen molar-refractivity contribution in [2.45, 2.75) is 19.6 Å². The maximum atomic E-state index is 11.5. The zero-order valence-electron chi connectivity index (χ0n) is 9.09. The normalized spacial score (nSPS) is 19.7. The summed E-state index contributed by atoms with van der Waals surface area (Å²) in [5.41, 5.74) is 1.76. The Morgan fingerprint density at radius 2 is 2.06 bits per heavy atom. The summed E-state index contributed by atoms with van der Waals surface area (Å²) in [5, 5.41) is 0. The summed E-state index contributed by atoms with van der Waals surface area (Å²) in [6.07, 6.45) is 2.44. The quantitative estimate of drug-likeness (QED) is 0.774. The van der Waals surface area contributed by atoms with Crippen molar-refractivity contribution in [3.05, 3.63) is 48.2 Å². The molecule has 0 N–H and O–H groups in total. The SMILES string of the molecule is CC1=NC=CC(=O)C1OCc1ccccc1. The van der Waals surface area contributed by atoms with Crippen molar-refractivity contribution >= 4 is 11.5 Å². The first kappa shape index (κ1) is 10.8. The van der Waals surface area contributed by atoms with E-state index in [2.05, 4.69) is 4.99 Å². The molecular formula is C13H13NO2. The first-order valence-electron chi connectivity index (χ1n) is 5.17. The Hall–Kier alpha value is -1.74. The second kappa shape index (κ2) is 4.86. The first-order valence-corrected chi connectivity index (χ1v) is 5.17. The van der Waals surface area contributed by atoms with Gasteiger partial charge in [-0.05, 0) is 12.5 Å². The molecule has 82 valence electrons. The van der Waals surface area contributed by atoms with Crippen LogP contribution in [0.2, 0.25) is 0 Å². The Kier molecular flexibility index (Phi) is 3.27. The van der Waals surface area contributed by atoms with Gasteiger partial charge in [-0.3, -0.25) is 9.79 Å². The van der Waals surface area contributed by atoms with Gasteiger partial charge in [-0.2, -0.15) is 0 Å². The summed E-state index contributed by atoms with van der Waals surface area (Å²) in [7, 11) is 0. The highest BCUT2D eigenvalue weighted by molar-refractivity contribution is 6.13. The molecule has 0 spiro atoms. The minimum absolute atomic E-state index is 0.0385. The Morgan fingerprint density at radius 1 is 1.31 bits per heavy atom. The molecule has 0 radical (unpaired) electrons. The summed E-state index contributed by atoms with van der Waals surface area (Å²) in [6.45, 7) is 2.23. The topological polar surface area (TPSA) is 38.7 Å². The van der Waals surface area contributed by atoms with Crippen LogP contribution >= 0.6 is 0 Å². The molecule has 1 atom stereocenters. The molecule has 1 heterocycles. The second-order valence-electron chi connectivity index (χ2n) is 3.67. The van der Waals surface area contributed by atoms with Gasteiger partial charge in [0.25, 0.3) is 0 Å². The Balaban J connectivity index is 1.98. The number of carbonyl (C=O) groups excluding carboxylic acids is 1. The van der Waals surface area contributed by atoms with E-state index >= 15 is 0 Å². The molecule has 2 rings (SSSR count). The molecule has 1 aromatic carbocycles. The lowest BCUT2D eigenvalue weighted by Crippen LogP contribution is -2.31. The van der Waals surface area contributed by atoms with Gasteiger partial charge in [0.15, 0.2) is 11.9 Å². The number of hydrogen-bond acceptors (Lipinski definition) is 3. The van der Waals surface area contributed by atoms with E-state index in [1.807, 2.05) is 30.3 Å². The second-order valence-corrected chi connectivity index (χ2v) is 3.67. The molecule has 0 aliphatic carbocycles. The van der Waals surface area contributed by atoms with Crippen LogP contribution in [0.4, 0.5) is 0 Å². The molecule has 0 saturated heterocycles. The van der Waals surface area contributed by atoms with E-state index in [0.29, 0.717) is 12.3 Å². The Bertz CT molecular complexity index is 435. The maximum Gasteiger partial charge on any atom is 0.191 e. The van der Waals surface area contributed by atoms with Crippen LogP contribution in [0.15, 0.2) is 47.6 Å². The van der Waals surface area contributed by atoms with Gasteiger partial charge in [-0.15, -0.1) is 0 Å². The highest BCUT2D eigenvalue weighted by Crippen LogP contribution is 2.09. The van der Waals surface area contributed by atoms with Crippen LogP contribution in [0.25, 0.3) is 0 Å². The fourth-order valence-corrected chi connectivity index (χ4v) is 1.55. The molecule has 3 nitrogen and oxygen atoms in total. The van der Waals surface area contributed by atoms with Crippen molar-refractivity contribution in [1.82, 2.24) is 0 Å². The fourth-order valence-electron chi connectivity index (χ4n) is 1.55. The number of benzene rings is 1. The van der Waals surface area contributed by atoms with Gasteiger partial charge in [0.05, 0.1) is 12.3 Å². The molecular weight excluding hydrogens is 202 g/mol. The Labute approximate surface area is 94.5 Å². The van der Waals surface area contributed by atoms with E-state index < -0.39 is 6.10 Å². The van der Waals surface area contributed by atoms with Crippen molar-refractivity contribution in [3.8, 4) is 0 Å². The summed E-state index contributed by atoms with van der Waals surface area (Å²) in [6, 6.07) is 9.78. The number of rotatable bonds is 3. The van der Waals surface area contributed by atoms with Crippen molar-refractivity contribution in [3.63, 3.8) is 0 Å². The minimum atomic E-state index is -0.523. The van der Waals surface area contributed by atoms with Crippen LogP contribution in [-0.2, 0) is 16.1 Å². The standard InChI is InChI=1S/C13H13NO2/c1-10-13(12(15)7-8-14-10)16-9-11-5-3-2-4-6-11/h2-8,13H,9H2,1H3. The van der Waals surface area contributed by atoms with Gasteiger partial charge in [-0.25, -0.2) is 0 Å². The van der Waals surface area contributed by atoms with Crippen molar-refractivity contribution < 1.29 is 9.53 Å². The third-order valence-electron chi connectivity index (χ3n) is 2.41. The van der Waals surface area contributed by atoms with Crippen LogP contribution in [0, 0.1) is 0 Å². The van der Waals surface area contributed by atoms with Gasteiger partial charge in [0.2, 0.25) is 0 Å². The fraction of sp³-hybridized carbons (Fsp3) is 0.231. The van der Waals surface area contributed by atoms with Crippen LogP contribution in [0.3, 0.4) is 0 Å². The number of ketones is 1. The number of nitrogens with zero attached hydrogens (tertiary/aromatic N) is 1. The van der Waals surface area contributed by atoms with Crippen molar-refractivity contribution in [2.24, 2.45) is 4.99 Å². The van der Waals surface area contributed by atoms with Crippen LogP contribution in [-0.4, -0.2) is 17.6 Å². The number of carbonyl (C=O) groups is 1. The zero-order valence-corrected chi connectivity index (χ0v) is 9.09. The van der Waals surface area contributed by atoms with Crippen LogP contribution < -0.4 is 0 Å². The van der Waals surface area contributed by atoms with Gasteiger partial charge >= 0.3 is 0 Å². The van der Waals surface area contributed by atoms with Crippen molar-refractivity contribution in [2.75, 3.05) is 0 Å². The molecule has 3 heteroatoms.